The number of hydrogen-bond acceptors (Lipinski definition) is 3. The molecule has 2 amide bonds. The molecule has 2 N–H and O–H groups in total. The molecule has 0 aliphatic carbocycles. The Morgan fingerprint density at radius 1 is 1.11 bits per heavy atom. The molecular formula is C22H31N3O2. The summed E-state index contributed by atoms with van der Waals surface area (Å²) in [5.74, 6) is 2.55. The molecule has 0 atom stereocenters. The van der Waals surface area contributed by atoms with Crippen molar-refractivity contribution in [1.82, 2.24) is 10.2 Å². The van der Waals surface area contributed by atoms with Crippen LogP contribution in [0.5, 0.6) is 0 Å². The normalized spacial score (nSPS) is 15.7. The van der Waals surface area contributed by atoms with Crippen LogP contribution in [0.3, 0.4) is 0 Å². The summed E-state index contributed by atoms with van der Waals surface area (Å²) in [5, 5.41) is 5.96. The first-order valence-corrected chi connectivity index (χ1v) is 9.81. The van der Waals surface area contributed by atoms with Crippen molar-refractivity contribution in [3.05, 3.63) is 52.5 Å². The van der Waals surface area contributed by atoms with Gasteiger partial charge in [-0.05, 0) is 88.9 Å². The van der Waals surface area contributed by atoms with Gasteiger partial charge in [-0.25, -0.2) is 4.79 Å². The molecule has 0 unspecified atom stereocenters. The number of nitrogens with zero attached hydrogens (tertiary/aromatic N) is 1. The van der Waals surface area contributed by atoms with Gasteiger partial charge in [0.2, 0.25) is 0 Å². The van der Waals surface area contributed by atoms with E-state index in [9.17, 15) is 4.79 Å². The lowest BCUT2D eigenvalue weighted by Crippen LogP contribution is -2.39. The number of piperidine rings is 1. The van der Waals surface area contributed by atoms with Crippen LogP contribution in [0.15, 0.2) is 28.7 Å². The topological polar surface area (TPSA) is 57.5 Å². The number of benzene rings is 1. The van der Waals surface area contributed by atoms with E-state index in [-0.39, 0.29) is 6.03 Å². The summed E-state index contributed by atoms with van der Waals surface area (Å²) in [6.45, 7) is 12.0. The minimum atomic E-state index is -0.120. The van der Waals surface area contributed by atoms with E-state index in [1.54, 1.807) is 0 Å². The molecule has 5 heteroatoms. The number of nitrogens with one attached hydrogen (secondary N) is 2. The van der Waals surface area contributed by atoms with Crippen molar-refractivity contribution >= 4 is 11.7 Å². The summed E-state index contributed by atoms with van der Waals surface area (Å²) in [4.78, 5) is 14.6. The van der Waals surface area contributed by atoms with Crippen molar-refractivity contribution in [1.29, 1.82) is 0 Å². The quantitative estimate of drug-likeness (QED) is 0.813. The number of carbonyl (C=O) groups is 1. The van der Waals surface area contributed by atoms with E-state index >= 15 is 0 Å². The fourth-order valence-electron chi connectivity index (χ4n) is 3.66. The number of hydrogen-bond donors (Lipinski definition) is 2. The van der Waals surface area contributed by atoms with Crippen LogP contribution in [0, 0.1) is 33.6 Å². The van der Waals surface area contributed by atoms with Gasteiger partial charge in [0.05, 0.1) is 0 Å². The molecule has 3 rings (SSSR count). The third kappa shape index (κ3) is 5.36. The van der Waals surface area contributed by atoms with Crippen molar-refractivity contribution in [3.63, 3.8) is 0 Å². The average molecular weight is 370 g/mol. The highest BCUT2D eigenvalue weighted by atomic mass is 16.3. The van der Waals surface area contributed by atoms with Crippen molar-refractivity contribution in [2.75, 3.05) is 25.0 Å². The first kappa shape index (κ1) is 19.5. The standard InChI is InChI=1S/C22H31N3O2/c1-15-5-6-21(11-16(15)2)24-22(26)23-13-19-7-9-25(10-8-19)14-20-12-17(3)27-18(20)4/h5-6,11-12,19H,7-10,13-14H2,1-4H3,(H2,23,24,26). The van der Waals surface area contributed by atoms with Crippen LogP contribution in [0.25, 0.3) is 0 Å². The van der Waals surface area contributed by atoms with Gasteiger partial charge in [0.25, 0.3) is 0 Å². The fraction of sp³-hybridized carbons (Fsp3) is 0.500. The second-order valence-corrected chi connectivity index (χ2v) is 7.79. The Hall–Kier alpha value is -2.27. The van der Waals surface area contributed by atoms with E-state index in [0.717, 1.165) is 56.2 Å². The maximum Gasteiger partial charge on any atom is 0.319 e. The van der Waals surface area contributed by atoms with Gasteiger partial charge in [-0.15, -0.1) is 0 Å². The Morgan fingerprint density at radius 3 is 2.48 bits per heavy atom. The number of aryl methyl sites for hydroxylation is 4. The predicted molar refractivity (Wildman–Crippen MR) is 109 cm³/mol. The second kappa shape index (κ2) is 8.61. The summed E-state index contributed by atoms with van der Waals surface area (Å²) in [6, 6.07) is 8.00. The molecule has 1 fully saturated rings. The molecule has 0 bridgehead atoms. The monoisotopic (exact) mass is 369 g/mol. The minimum Gasteiger partial charge on any atom is -0.466 e. The van der Waals surface area contributed by atoms with Gasteiger partial charge in [-0.2, -0.15) is 0 Å². The highest BCUT2D eigenvalue weighted by Crippen LogP contribution is 2.21. The molecule has 2 heterocycles. The second-order valence-electron chi connectivity index (χ2n) is 7.79. The van der Waals surface area contributed by atoms with Crippen LogP contribution < -0.4 is 10.6 Å². The SMILES string of the molecule is Cc1cc(CN2CCC(CNC(=O)Nc3ccc(C)c(C)c3)CC2)c(C)o1. The van der Waals surface area contributed by atoms with Gasteiger partial charge in [0, 0.05) is 24.3 Å². The Labute approximate surface area is 162 Å². The van der Waals surface area contributed by atoms with Gasteiger partial charge in [-0.3, -0.25) is 4.90 Å². The van der Waals surface area contributed by atoms with Crippen molar-refractivity contribution in [3.8, 4) is 0 Å². The van der Waals surface area contributed by atoms with E-state index in [1.165, 1.54) is 16.7 Å². The Balaban J connectivity index is 1.39. The third-order valence-corrected chi connectivity index (χ3v) is 5.56. The van der Waals surface area contributed by atoms with Gasteiger partial charge in [0.15, 0.2) is 0 Å². The molecule has 1 aromatic heterocycles. The molecule has 27 heavy (non-hydrogen) atoms. The van der Waals surface area contributed by atoms with Crippen LogP contribution in [-0.4, -0.2) is 30.6 Å². The molecule has 0 saturated carbocycles. The molecular weight excluding hydrogens is 338 g/mol. The molecule has 2 aromatic rings. The predicted octanol–water partition coefficient (Wildman–Crippen LogP) is 4.55. The maximum atomic E-state index is 12.2. The largest absolute Gasteiger partial charge is 0.466 e. The van der Waals surface area contributed by atoms with Gasteiger partial charge in [0.1, 0.15) is 11.5 Å². The van der Waals surface area contributed by atoms with E-state index in [1.807, 2.05) is 32.0 Å². The van der Waals surface area contributed by atoms with Crippen LogP contribution in [0.1, 0.15) is 41.1 Å². The third-order valence-electron chi connectivity index (χ3n) is 5.56. The van der Waals surface area contributed by atoms with E-state index < -0.39 is 0 Å². The number of rotatable bonds is 5. The molecule has 1 saturated heterocycles. The minimum absolute atomic E-state index is 0.120. The fourth-order valence-corrected chi connectivity index (χ4v) is 3.66. The first-order valence-electron chi connectivity index (χ1n) is 9.81. The summed E-state index contributed by atoms with van der Waals surface area (Å²) >= 11 is 0. The van der Waals surface area contributed by atoms with Crippen LogP contribution in [-0.2, 0) is 6.54 Å². The number of carbonyl (C=O) groups excluding carboxylic acids is 1. The van der Waals surface area contributed by atoms with E-state index in [4.69, 9.17) is 4.42 Å². The lowest BCUT2D eigenvalue weighted by atomic mass is 9.96. The summed E-state index contributed by atoms with van der Waals surface area (Å²) in [6.07, 6.45) is 2.22. The van der Waals surface area contributed by atoms with E-state index in [2.05, 4.69) is 35.4 Å². The Morgan fingerprint density at radius 2 is 1.85 bits per heavy atom. The lowest BCUT2D eigenvalue weighted by molar-refractivity contribution is 0.175. The molecule has 146 valence electrons. The van der Waals surface area contributed by atoms with Crippen LogP contribution in [0.2, 0.25) is 0 Å². The number of furan rings is 1. The number of urea groups is 1. The van der Waals surface area contributed by atoms with Crippen LogP contribution >= 0.6 is 0 Å². The Kier molecular flexibility index (Phi) is 6.22. The molecule has 1 aromatic carbocycles. The number of amides is 2. The summed E-state index contributed by atoms with van der Waals surface area (Å²) in [7, 11) is 0. The van der Waals surface area contributed by atoms with Crippen molar-refractivity contribution in [2.45, 2.75) is 47.1 Å². The Bertz CT molecular complexity index is 789. The lowest BCUT2D eigenvalue weighted by Gasteiger charge is -2.31. The zero-order valence-electron chi connectivity index (χ0n) is 16.9. The maximum absolute atomic E-state index is 12.2. The molecule has 0 radical (unpaired) electrons. The molecule has 1 aliphatic rings. The summed E-state index contributed by atoms with van der Waals surface area (Å²) < 4.78 is 5.62. The molecule has 1 aliphatic heterocycles. The van der Waals surface area contributed by atoms with Gasteiger partial charge < -0.3 is 15.1 Å². The zero-order valence-corrected chi connectivity index (χ0v) is 16.9. The highest BCUT2D eigenvalue weighted by molar-refractivity contribution is 5.89. The molecule has 0 spiro atoms. The molecule has 5 nitrogen and oxygen atoms in total. The first-order chi connectivity index (χ1) is 12.9. The zero-order chi connectivity index (χ0) is 19.4. The van der Waals surface area contributed by atoms with Crippen LogP contribution in [0.4, 0.5) is 10.5 Å². The van der Waals surface area contributed by atoms with E-state index in [0.29, 0.717) is 5.92 Å². The van der Waals surface area contributed by atoms with Gasteiger partial charge >= 0.3 is 6.03 Å². The number of anilines is 1. The highest BCUT2D eigenvalue weighted by Gasteiger charge is 2.21. The van der Waals surface area contributed by atoms with Gasteiger partial charge in [-0.1, -0.05) is 6.07 Å². The average Bonchev–Trinajstić information content (AvgIpc) is 2.95. The smallest absolute Gasteiger partial charge is 0.319 e. The van der Waals surface area contributed by atoms with Crippen molar-refractivity contribution < 1.29 is 9.21 Å². The van der Waals surface area contributed by atoms with Crippen molar-refractivity contribution in [2.24, 2.45) is 5.92 Å². The summed E-state index contributed by atoms with van der Waals surface area (Å²) in [5.41, 5.74) is 4.55. The number of likely N-dealkylation sites (tertiary alicyclic amines) is 1.